The van der Waals surface area contributed by atoms with Crippen molar-refractivity contribution >= 4 is 15.7 Å². The number of aryl methyl sites for hydroxylation is 1. The van der Waals surface area contributed by atoms with Gasteiger partial charge in [-0.2, -0.15) is 0 Å². The first-order valence-electron chi connectivity index (χ1n) is 11.0. The van der Waals surface area contributed by atoms with E-state index in [1.54, 1.807) is 29.2 Å². The van der Waals surface area contributed by atoms with Crippen molar-refractivity contribution in [2.75, 3.05) is 20.3 Å². The largest absolute Gasteiger partial charge is 0.375 e. The highest BCUT2D eigenvalue weighted by Gasteiger charge is 2.45. The Kier molecular flexibility index (Phi) is 7.29. The van der Waals surface area contributed by atoms with E-state index in [0.29, 0.717) is 25.3 Å². The zero-order valence-corrected chi connectivity index (χ0v) is 19.7. The molecule has 176 valence electrons. The van der Waals surface area contributed by atoms with Crippen LogP contribution in [0.2, 0.25) is 0 Å². The molecule has 0 aliphatic carbocycles. The maximum absolute atomic E-state index is 13.7. The second-order valence-electron chi connectivity index (χ2n) is 8.25. The van der Waals surface area contributed by atoms with Crippen molar-refractivity contribution in [3.63, 3.8) is 0 Å². The number of carbonyl (C=O) groups is 1. The molecular formula is C25H29NO6S. The molecule has 0 spiro atoms. The molecule has 33 heavy (non-hydrogen) atoms. The number of sulfone groups is 1. The van der Waals surface area contributed by atoms with Gasteiger partial charge in [0.2, 0.25) is 5.91 Å². The lowest BCUT2D eigenvalue weighted by atomic mass is 10.0. The minimum absolute atomic E-state index is 0.0506. The topological polar surface area (TPSA) is 82.1 Å². The van der Waals surface area contributed by atoms with Crippen LogP contribution in [0.3, 0.4) is 0 Å². The van der Waals surface area contributed by atoms with Crippen LogP contribution in [0.5, 0.6) is 0 Å². The predicted molar refractivity (Wildman–Crippen MR) is 123 cm³/mol. The summed E-state index contributed by atoms with van der Waals surface area (Å²) >= 11 is 0. The highest BCUT2D eigenvalue weighted by atomic mass is 32.2. The van der Waals surface area contributed by atoms with E-state index in [0.717, 1.165) is 11.1 Å². The number of carbonyl (C=O) groups excluding carboxylic acids is 1. The highest BCUT2D eigenvalue weighted by Crippen LogP contribution is 2.33. The minimum atomic E-state index is -3.90. The summed E-state index contributed by atoms with van der Waals surface area (Å²) in [5, 5.41) is -1.23. The molecule has 7 nitrogen and oxygen atoms in total. The van der Waals surface area contributed by atoms with Crippen LogP contribution in [0, 0.1) is 6.92 Å². The van der Waals surface area contributed by atoms with Gasteiger partial charge >= 0.3 is 0 Å². The van der Waals surface area contributed by atoms with Crippen molar-refractivity contribution in [3.8, 4) is 0 Å². The fourth-order valence-corrected chi connectivity index (χ4v) is 5.86. The molecule has 0 saturated carbocycles. The number of hydrogen-bond donors (Lipinski definition) is 0. The average Bonchev–Trinajstić information content (AvgIpc) is 3.34. The first-order chi connectivity index (χ1) is 15.9. The zero-order chi connectivity index (χ0) is 23.4. The molecule has 0 radical (unpaired) electrons. The molecule has 0 unspecified atom stereocenters. The normalized spacial score (nSPS) is 23.4. The maximum Gasteiger partial charge on any atom is 0.245 e. The molecule has 0 bridgehead atoms. The molecule has 2 heterocycles. The molecule has 2 saturated heterocycles. The van der Waals surface area contributed by atoms with Gasteiger partial charge in [0.15, 0.2) is 16.1 Å². The van der Waals surface area contributed by atoms with Crippen LogP contribution >= 0.6 is 0 Å². The fourth-order valence-electron chi connectivity index (χ4n) is 4.20. The number of ether oxygens (including phenoxy) is 3. The SMILES string of the molecule is CO[C@H]1C[C@H](S(=O)(=O)c2ccc(C)cc2)C(=O)N(Cc2ccccc2)/C1=C\CC1OCCO1. The van der Waals surface area contributed by atoms with Gasteiger partial charge in [-0.25, -0.2) is 8.42 Å². The van der Waals surface area contributed by atoms with Crippen LogP contribution < -0.4 is 0 Å². The lowest BCUT2D eigenvalue weighted by molar-refractivity contribution is -0.133. The Bertz CT molecular complexity index is 1090. The van der Waals surface area contributed by atoms with E-state index in [2.05, 4.69) is 0 Å². The molecule has 4 rings (SSSR count). The fraction of sp³-hybridized carbons (Fsp3) is 0.400. The number of methoxy groups -OCH3 is 1. The Morgan fingerprint density at radius 1 is 1.06 bits per heavy atom. The Labute approximate surface area is 194 Å². The highest BCUT2D eigenvalue weighted by molar-refractivity contribution is 7.92. The van der Waals surface area contributed by atoms with Gasteiger partial charge in [-0.15, -0.1) is 0 Å². The lowest BCUT2D eigenvalue weighted by Gasteiger charge is -2.39. The van der Waals surface area contributed by atoms with Gasteiger partial charge in [0.1, 0.15) is 5.25 Å². The quantitative estimate of drug-likeness (QED) is 0.617. The molecule has 0 N–H and O–H groups in total. The Morgan fingerprint density at radius 3 is 2.36 bits per heavy atom. The van der Waals surface area contributed by atoms with Gasteiger partial charge in [-0.05, 0) is 24.6 Å². The molecule has 0 aromatic heterocycles. The maximum atomic E-state index is 13.7. The number of likely N-dealkylation sites (tertiary alicyclic amines) is 1. The summed E-state index contributed by atoms with van der Waals surface area (Å²) in [6.45, 7) is 3.20. The lowest BCUT2D eigenvalue weighted by Crippen LogP contribution is -2.51. The van der Waals surface area contributed by atoms with Gasteiger partial charge < -0.3 is 19.1 Å². The van der Waals surface area contributed by atoms with E-state index >= 15 is 0 Å². The van der Waals surface area contributed by atoms with Crippen LogP contribution in [-0.4, -0.2) is 57.2 Å². The van der Waals surface area contributed by atoms with Gasteiger partial charge in [0.25, 0.3) is 0 Å². The van der Waals surface area contributed by atoms with Crippen molar-refractivity contribution in [1.82, 2.24) is 4.90 Å². The molecule has 1 amide bonds. The summed E-state index contributed by atoms with van der Waals surface area (Å²) < 4.78 is 43.7. The number of benzene rings is 2. The molecular weight excluding hydrogens is 442 g/mol. The number of hydrogen-bond acceptors (Lipinski definition) is 6. The zero-order valence-electron chi connectivity index (χ0n) is 18.8. The molecule has 2 aliphatic heterocycles. The van der Waals surface area contributed by atoms with Crippen LogP contribution in [0.25, 0.3) is 0 Å². The predicted octanol–water partition coefficient (Wildman–Crippen LogP) is 3.23. The summed E-state index contributed by atoms with van der Waals surface area (Å²) in [7, 11) is -2.36. The second-order valence-corrected chi connectivity index (χ2v) is 10.4. The third kappa shape index (κ3) is 5.19. The minimum Gasteiger partial charge on any atom is -0.375 e. The van der Waals surface area contributed by atoms with E-state index < -0.39 is 27.1 Å². The van der Waals surface area contributed by atoms with Gasteiger partial charge in [-0.1, -0.05) is 54.1 Å². The Morgan fingerprint density at radius 2 is 1.73 bits per heavy atom. The van der Waals surface area contributed by atoms with Crippen molar-refractivity contribution in [2.45, 2.75) is 48.8 Å². The standard InChI is InChI=1S/C25H29NO6S/c1-18-8-10-20(11-9-18)33(28,29)23-16-22(30-2)21(12-13-24-31-14-15-32-24)26(25(23)27)17-19-6-4-3-5-7-19/h3-12,22-24H,13-17H2,1-2H3/b21-12-/t22-,23-/m0/s1. The van der Waals surface area contributed by atoms with Gasteiger partial charge in [-0.3, -0.25) is 4.79 Å². The van der Waals surface area contributed by atoms with Crippen molar-refractivity contribution in [1.29, 1.82) is 0 Å². The van der Waals surface area contributed by atoms with Crippen molar-refractivity contribution in [3.05, 3.63) is 77.5 Å². The second kappa shape index (κ2) is 10.2. The summed E-state index contributed by atoms with van der Waals surface area (Å²) in [6.07, 6.45) is 1.44. The summed E-state index contributed by atoms with van der Waals surface area (Å²) in [5.74, 6) is -0.452. The van der Waals surface area contributed by atoms with Gasteiger partial charge in [0, 0.05) is 25.6 Å². The van der Waals surface area contributed by atoms with Crippen LogP contribution in [0.15, 0.2) is 71.3 Å². The van der Waals surface area contributed by atoms with E-state index in [9.17, 15) is 13.2 Å². The summed E-state index contributed by atoms with van der Waals surface area (Å²) in [4.78, 5) is 15.4. The van der Waals surface area contributed by atoms with Crippen molar-refractivity contribution in [2.24, 2.45) is 0 Å². The third-order valence-corrected chi connectivity index (χ3v) is 8.09. The van der Waals surface area contributed by atoms with Gasteiger partial charge in [0.05, 0.1) is 30.8 Å². The Balaban J connectivity index is 1.69. The first kappa shape index (κ1) is 23.6. The van der Waals surface area contributed by atoms with Crippen LogP contribution in [-0.2, 0) is 35.4 Å². The summed E-state index contributed by atoms with van der Waals surface area (Å²) in [6, 6.07) is 16.1. The number of piperidine rings is 1. The van der Waals surface area contributed by atoms with E-state index in [4.69, 9.17) is 14.2 Å². The van der Waals surface area contributed by atoms with Crippen LogP contribution in [0.1, 0.15) is 24.0 Å². The first-order valence-corrected chi connectivity index (χ1v) is 12.6. The number of amides is 1. The van der Waals surface area contributed by atoms with E-state index in [-0.39, 0.29) is 24.2 Å². The molecule has 2 aromatic rings. The number of nitrogens with zero attached hydrogens (tertiary/aromatic N) is 1. The molecule has 2 aliphatic rings. The third-order valence-electron chi connectivity index (χ3n) is 6.01. The average molecular weight is 472 g/mol. The van der Waals surface area contributed by atoms with E-state index in [1.165, 1.54) is 7.11 Å². The van der Waals surface area contributed by atoms with Crippen molar-refractivity contribution < 1.29 is 27.4 Å². The molecule has 2 atom stereocenters. The molecule has 2 fully saturated rings. The number of rotatable bonds is 7. The Hall–Kier alpha value is -2.52. The van der Waals surface area contributed by atoms with E-state index in [1.807, 2.05) is 43.3 Å². The summed E-state index contributed by atoms with van der Waals surface area (Å²) in [5.41, 5.74) is 2.49. The van der Waals surface area contributed by atoms with Crippen LogP contribution in [0.4, 0.5) is 0 Å². The molecule has 2 aromatic carbocycles. The smallest absolute Gasteiger partial charge is 0.245 e. The molecule has 8 heteroatoms. The monoisotopic (exact) mass is 471 g/mol.